The van der Waals surface area contributed by atoms with Crippen LogP contribution in [0.25, 0.3) is 0 Å². The Hall–Kier alpha value is -2.42. The van der Waals surface area contributed by atoms with E-state index in [9.17, 15) is 9.59 Å². The molecule has 1 heterocycles. The molecule has 1 aliphatic rings. The number of hydrogen-bond acceptors (Lipinski definition) is 3. The third kappa shape index (κ3) is 4.31. The molecule has 2 aromatic carbocycles. The van der Waals surface area contributed by atoms with E-state index in [0.29, 0.717) is 19.3 Å². The fraction of sp³-hybridized carbons (Fsp3) is 0.333. The maximum Gasteiger partial charge on any atom is 0.313 e. The van der Waals surface area contributed by atoms with Crippen LogP contribution in [0.15, 0.2) is 60.7 Å². The van der Waals surface area contributed by atoms with Crippen molar-refractivity contribution in [3.05, 3.63) is 71.8 Å². The molecule has 2 aromatic rings. The molecule has 24 heavy (non-hydrogen) atoms. The molecule has 0 N–H and O–H groups in total. The van der Waals surface area contributed by atoms with Crippen LogP contribution >= 0.6 is 0 Å². The molecular formula is C21H22O3. The Bertz CT molecular complexity index is 630. The minimum absolute atomic E-state index is 0.00706. The van der Waals surface area contributed by atoms with Gasteiger partial charge in [-0.2, -0.15) is 0 Å². The topological polar surface area (TPSA) is 43.4 Å². The quantitative estimate of drug-likeness (QED) is 0.598. The Morgan fingerprint density at radius 2 is 1.29 bits per heavy atom. The summed E-state index contributed by atoms with van der Waals surface area (Å²) >= 11 is 0. The number of aryl methyl sites for hydroxylation is 2. The van der Waals surface area contributed by atoms with Gasteiger partial charge < -0.3 is 4.74 Å². The van der Waals surface area contributed by atoms with Crippen LogP contribution in [0.1, 0.15) is 36.8 Å². The van der Waals surface area contributed by atoms with Crippen LogP contribution in [0.3, 0.4) is 0 Å². The molecule has 1 fully saturated rings. The van der Waals surface area contributed by atoms with Gasteiger partial charge in [-0.05, 0) is 36.8 Å². The zero-order valence-electron chi connectivity index (χ0n) is 13.7. The highest BCUT2D eigenvalue weighted by Gasteiger charge is 2.40. The summed E-state index contributed by atoms with van der Waals surface area (Å²) in [5, 5.41) is 0. The molecule has 0 atom stereocenters. The molecule has 0 radical (unpaired) electrons. The van der Waals surface area contributed by atoms with E-state index in [1.807, 2.05) is 36.4 Å². The van der Waals surface area contributed by atoms with E-state index in [4.69, 9.17) is 4.74 Å². The van der Waals surface area contributed by atoms with E-state index in [-0.39, 0.29) is 18.2 Å². The monoisotopic (exact) mass is 322 g/mol. The number of esters is 1. The van der Waals surface area contributed by atoms with Crippen molar-refractivity contribution in [1.29, 1.82) is 0 Å². The van der Waals surface area contributed by atoms with Crippen molar-refractivity contribution >= 4 is 11.8 Å². The van der Waals surface area contributed by atoms with Gasteiger partial charge in [0, 0.05) is 6.42 Å². The SMILES string of the molecule is O=C1CC(=O)OC(CCc2ccccc2)(CCc2ccccc2)C1. The second-order valence-electron chi connectivity index (χ2n) is 6.52. The molecule has 0 spiro atoms. The first kappa shape index (κ1) is 16.4. The Kier molecular flexibility index (Phi) is 5.09. The zero-order chi connectivity index (χ0) is 16.8. The van der Waals surface area contributed by atoms with Gasteiger partial charge in [0.2, 0.25) is 0 Å². The number of cyclic esters (lactones) is 1. The minimum Gasteiger partial charge on any atom is -0.458 e. The number of carbonyl (C=O) groups excluding carboxylic acids is 2. The Morgan fingerprint density at radius 3 is 1.75 bits per heavy atom. The summed E-state index contributed by atoms with van der Waals surface area (Å²) in [7, 11) is 0. The van der Waals surface area contributed by atoms with Crippen LogP contribution in [-0.4, -0.2) is 17.4 Å². The van der Waals surface area contributed by atoms with Crippen molar-refractivity contribution in [2.45, 2.75) is 44.1 Å². The smallest absolute Gasteiger partial charge is 0.313 e. The zero-order valence-corrected chi connectivity index (χ0v) is 13.7. The molecule has 0 aliphatic carbocycles. The van der Waals surface area contributed by atoms with Gasteiger partial charge in [-0.3, -0.25) is 9.59 Å². The fourth-order valence-corrected chi connectivity index (χ4v) is 3.33. The standard InChI is InChI=1S/C21H22O3/c22-19-15-20(23)24-21(16-19,13-11-17-7-3-1-4-8-17)14-12-18-9-5-2-6-10-18/h1-10H,11-16H2. The molecule has 3 heteroatoms. The van der Waals surface area contributed by atoms with Crippen molar-refractivity contribution in [2.24, 2.45) is 0 Å². The highest BCUT2D eigenvalue weighted by Crippen LogP contribution is 2.33. The first-order valence-electron chi connectivity index (χ1n) is 8.47. The van der Waals surface area contributed by atoms with Crippen LogP contribution in [0.2, 0.25) is 0 Å². The highest BCUT2D eigenvalue weighted by atomic mass is 16.6. The summed E-state index contributed by atoms with van der Waals surface area (Å²) in [4.78, 5) is 23.9. The number of ketones is 1. The number of carbonyl (C=O) groups is 2. The largest absolute Gasteiger partial charge is 0.458 e. The molecule has 0 unspecified atom stereocenters. The number of benzene rings is 2. The van der Waals surface area contributed by atoms with Crippen molar-refractivity contribution in [3.8, 4) is 0 Å². The maximum atomic E-state index is 12.0. The van der Waals surface area contributed by atoms with E-state index in [2.05, 4.69) is 24.3 Å². The number of ether oxygens (including phenoxy) is 1. The molecule has 0 aromatic heterocycles. The van der Waals surface area contributed by atoms with Crippen LogP contribution in [0.4, 0.5) is 0 Å². The number of Topliss-reactive ketones (excluding diaryl/α,β-unsaturated/α-hetero) is 1. The summed E-state index contributed by atoms with van der Waals surface area (Å²) in [5.74, 6) is -0.389. The molecule has 0 amide bonds. The van der Waals surface area contributed by atoms with Crippen molar-refractivity contribution < 1.29 is 14.3 Å². The predicted octanol–water partition coefficient (Wildman–Crippen LogP) is 3.90. The van der Waals surface area contributed by atoms with Crippen LogP contribution in [-0.2, 0) is 27.2 Å². The van der Waals surface area contributed by atoms with Gasteiger partial charge in [-0.15, -0.1) is 0 Å². The lowest BCUT2D eigenvalue weighted by atomic mass is 9.82. The molecule has 1 aliphatic heterocycles. The third-order valence-electron chi connectivity index (χ3n) is 4.62. The van der Waals surface area contributed by atoms with Crippen LogP contribution in [0, 0.1) is 0 Å². The third-order valence-corrected chi connectivity index (χ3v) is 4.62. The lowest BCUT2D eigenvalue weighted by molar-refractivity contribution is -0.172. The average Bonchev–Trinajstić information content (AvgIpc) is 2.59. The van der Waals surface area contributed by atoms with Crippen molar-refractivity contribution in [3.63, 3.8) is 0 Å². The molecule has 124 valence electrons. The average molecular weight is 322 g/mol. The maximum absolute atomic E-state index is 12.0. The summed E-state index contributed by atoms with van der Waals surface area (Å²) < 4.78 is 5.73. The Labute approximate surface area is 142 Å². The lowest BCUT2D eigenvalue weighted by Gasteiger charge is -2.36. The second-order valence-corrected chi connectivity index (χ2v) is 6.52. The van der Waals surface area contributed by atoms with Gasteiger partial charge in [-0.25, -0.2) is 0 Å². The van der Waals surface area contributed by atoms with E-state index < -0.39 is 5.60 Å². The van der Waals surface area contributed by atoms with Gasteiger partial charge in [-0.1, -0.05) is 60.7 Å². The van der Waals surface area contributed by atoms with Crippen molar-refractivity contribution in [1.82, 2.24) is 0 Å². The van der Waals surface area contributed by atoms with Crippen LogP contribution < -0.4 is 0 Å². The van der Waals surface area contributed by atoms with Gasteiger partial charge >= 0.3 is 5.97 Å². The van der Waals surface area contributed by atoms with E-state index in [0.717, 1.165) is 12.8 Å². The number of rotatable bonds is 6. The molecule has 3 nitrogen and oxygen atoms in total. The fourth-order valence-electron chi connectivity index (χ4n) is 3.33. The summed E-state index contributed by atoms with van der Waals surface area (Å²) in [5.41, 5.74) is 1.73. The van der Waals surface area contributed by atoms with Crippen molar-refractivity contribution in [2.75, 3.05) is 0 Å². The Balaban J connectivity index is 1.73. The van der Waals surface area contributed by atoms with Gasteiger partial charge in [0.1, 0.15) is 17.8 Å². The minimum atomic E-state index is -0.669. The molecule has 0 bridgehead atoms. The second kappa shape index (κ2) is 7.43. The molecule has 1 saturated heterocycles. The van der Waals surface area contributed by atoms with Crippen LogP contribution in [0.5, 0.6) is 0 Å². The summed E-state index contributed by atoms with van der Waals surface area (Å²) in [6, 6.07) is 20.3. The summed E-state index contributed by atoms with van der Waals surface area (Å²) in [6.07, 6.45) is 3.21. The van der Waals surface area contributed by atoms with E-state index >= 15 is 0 Å². The molecular weight excluding hydrogens is 300 g/mol. The predicted molar refractivity (Wildman–Crippen MR) is 92.6 cm³/mol. The molecule has 3 rings (SSSR count). The van der Waals surface area contributed by atoms with E-state index in [1.165, 1.54) is 11.1 Å². The Morgan fingerprint density at radius 1 is 0.792 bits per heavy atom. The number of hydrogen-bond donors (Lipinski definition) is 0. The lowest BCUT2D eigenvalue weighted by Crippen LogP contribution is -2.43. The summed E-state index contributed by atoms with van der Waals surface area (Å²) in [6.45, 7) is 0. The first-order chi connectivity index (χ1) is 11.7. The highest BCUT2D eigenvalue weighted by molar-refractivity contribution is 5.98. The van der Waals surface area contributed by atoms with Gasteiger partial charge in [0.25, 0.3) is 0 Å². The molecule has 0 saturated carbocycles. The van der Waals surface area contributed by atoms with Gasteiger partial charge in [0.05, 0.1) is 0 Å². The normalized spacial score (nSPS) is 16.7. The first-order valence-corrected chi connectivity index (χ1v) is 8.47. The van der Waals surface area contributed by atoms with E-state index in [1.54, 1.807) is 0 Å². The van der Waals surface area contributed by atoms with Gasteiger partial charge in [0.15, 0.2) is 0 Å².